The number of hydrogen-bond acceptors (Lipinski definition) is 30. The van der Waals surface area contributed by atoms with E-state index >= 15 is 0 Å². The molecule has 13 N–H and O–H groups in total. The van der Waals surface area contributed by atoms with Gasteiger partial charge >= 0.3 is 0 Å². The van der Waals surface area contributed by atoms with Crippen LogP contribution in [-0.4, -0.2) is 273 Å². The lowest BCUT2D eigenvalue weighted by Gasteiger charge is -2.56. The third-order valence-corrected chi connectivity index (χ3v) is 31.2. The smallest absolute Gasteiger partial charge is 0.266 e. The lowest BCUT2D eigenvalue weighted by molar-refractivity contribution is -0.150. The molecule has 0 bridgehead atoms. The van der Waals surface area contributed by atoms with Gasteiger partial charge in [-0.2, -0.15) is 8.42 Å². The Morgan fingerprint density at radius 2 is 1.12 bits per heavy atom. The van der Waals surface area contributed by atoms with E-state index in [2.05, 4.69) is 67.7 Å². The molecule has 5 aliphatic carbocycles. The van der Waals surface area contributed by atoms with Crippen LogP contribution in [-0.2, 0) is 142 Å². The maximum Gasteiger partial charge on any atom is 0.266 e. The number of aromatic hydroxyl groups is 1. The van der Waals surface area contributed by atoms with E-state index in [1.54, 1.807) is 24.8 Å². The Labute approximate surface area is 864 Å². The number of carbonyl (C=O) groups excluding carboxylic acids is 11. The number of nitrogens with zero attached hydrogens (tertiary/aromatic N) is 3. The Bertz CT molecular complexity index is 5350. The second-order valence-electron chi connectivity index (χ2n) is 41.3. The number of anilines is 1. The number of fused-ring (bicyclic) bond motifs is 10. The largest absolute Gasteiger partial charge is 0.508 e. The van der Waals surface area contributed by atoms with Crippen molar-refractivity contribution in [3.8, 4) is 5.75 Å². The van der Waals surface area contributed by atoms with Crippen LogP contribution in [0.15, 0.2) is 96.3 Å². The van der Waals surface area contributed by atoms with Crippen LogP contribution in [0.2, 0.25) is 0 Å². The number of phenols is 1. The average molecular weight is 2070 g/mol. The first kappa shape index (κ1) is 115. The maximum atomic E-state index is 15.0. The van der Waals surface area contributed by atoms with Gasteiger partial charge in [-0.05, 0) is 176 Å². The molecule has 38 nitrogen and oxygen atoms in total. The highest BCUT2D eigenvalue weighted by Gasteiger charge is 2.59. The highest BCUT2D eigenvalue weighted by atomic mass is 32.2. The fourth-order valence-electron chi connectivity index (χ4n) is 22.5. The van der Waals surface area contributed by atoms with Crippen molar-refractivity contribution in [2.24, 2.45) is 34.5 Å². The summed E-state index contributed by atoms with van der Waals surface area (Å²) in [6.07, 6.45) is 12.5. The van der Waals surface area contributed by atoms with E-state index in [-0.39, 0.29) is 176 Å². The zero-order chi connectivity index (χ0) is 105. The quantitative estimate of drug-likeness (QED) is 0.0113. The molecule has 8 aliphatic rings. The Morgan fingerprint density at radius 3 is 1.75 bits per heavy atom. The number of imide groups is 1. The Balaban J connectivity index is 0.569. The molecule has 810 valence electrons. The van der Waals surface area contributed by atoms with Crippen LogP contribution < -0.4 is 58.7 Å². The second kappa shape index (κ2) is 56.0. The standard InChI is InChI=1S/C108H157N13O25S/c1-72(2)97(89(126)65-73(3)101(131)112-85(70-122)88(125)67-74-29-30-75-32-36-91-105(4,82(75)66-74)41-19-43-107(91,6)103(133)114-104(134)108(7)44-20-42-106(5)83-68-79(124)34-31-76(83)33-37-92(106)108)113-102(132)84(25-16-17-45-109-95(129)71-146-90-28-11-9-10-27-87-99(90)116-118-121(87)47-51-141-55-59-145-63-62-143-57-53-139-49-39-93(127)110-46-64-147(135,136)137)111-94(128)40-50-140-54-58-144-61-60-142-56-52-138-48-18-22-78(123)35-38-96(130)120-69-77-21-12-13-23-80(77)100-98(115-117-119(100)8)81-24-14-15-26-86(81)120/h12-15,21,23-24,26,29-31,34,66,68,72-73,84-85,90-92,97,115-118,122,124H,9-11,16-20,22,25,27-28,32-33,35-65,67,69-71H2,1-8H3,(H,109,129)(H,110,127)(H,111,128)(H,112,131)(H,113,132)(H,114,133,134)(H,135,136,137)/t73-,84-,85+,90?,91-,92-,97+,105-,106-,107+,108+/m1/s1. The van der Waals surface area contributed by atoms with Gasteiger partial charge in [0.2, 0.25) is 47.3 Å². The summed E-state index contributed by atoms with van der Waals surface area (Å²) in [5, 5.41) is 42.0. The predicted molar refractivity (Wildman–Crippen MR) is 548 cm³/mol. The number of ketones is 3. The minimum Gasteiger partial charge on any atom is -0.508 e. The van der Waals surface area contributed by atoms with Crippen LogP contribution in [0.1, 0.15) is 241 Å². The minimum atomic E-state index is -4.16. The first-order valence-corrected chi connectivity index (χ1v) is 54.3. The van der Waals surface area contributed by atoms with Crippen LogP contribution in [0, 0.1) is 34.5 Å². The monoisotopic (exact) mass is 2070 g/mol. The summed E-state index contributed by atoms with van der Waals surface area (Å²) in [7, 11) is -2.22. The van der Waals surface area contributed by atoms with Crippen LogP contribution in [0.4, 0.5) is 5.69 Å². The zero-order valence-electron chi connectivity index (χ0n) is 86.9. The first-order chi connectivity index (χ1) is 70.6. The molecule has 0 saturated heterocycles. The van der Waals surface area contributed by atoms with Crippen molar-refractivity contribution in [1.82, 2.24) is 63.8 Å². The molecule has 0 spiro atoms. The molecule has 3 heterocycles. The second-order valence-corrected chi connectivity index (χ2v) is 42.9. The van der Waals surface area contributed by atoms with E-state index < -0.39 is 110 Å². The van der Waals surface area contributed by atoms with Crippen LogP contribution in [0.5, 0.6) is 5.75 Å². The summed E-state index contributed by atoms with van der Waals surface area (Å²) in [6.45, 7) is 17.6. The Hall–Kier alpha value is -10.2. The van der Waals surface area contributed by atoms with Gasteiger partial charge in [-0.15, -0.1) is 11.1 Å². The van der Waals surface area contributed by atoms with E-state index in [0.29, 0.717) is 116 Å². The number of para-hydroxylation sites is 1. The number of aliphatic hydroxyl groups excluding tert-OH is 1. The number of amides is 8. The van der Waals surface area contributed by atoms with Crippen molar-refractivity contribution in [1.29, 1.82) is 0 Å². The van der Waals surface area contributed by atoms with E-state index in [9.17, 15) is 71.4 Å². The van der Waals surface area contributed by atoms with Gasteiger partial charge in [0, 0.05) is 88.7 Å². The van der Waals surface area contributed by atoms with E-state index in [0.717, 1.165) is 132 Å². The number of carbonyl (C=O) groups is 11. The predicted octanol–water partition coefficient (Wildman–Crippen LogP) is 8.11. The van der Waals surface area contributed by atoms with Gasteiger partial charge in [0.25, 0.3) is 10.1 Å². The number of hydrazine groups is 4. The molecule has 0 aromatic heterocycles. The van der Waals surface area contributed by atoms with Crippen molar-refractivity contribution in [3.05, 3.63) is 141 Å². The molecule has 147 heavy (non-hydrogen) atoms. The molecule has 12 rings (SSSR count). The zero-order valence-corrected chi connectivity index (χ0v) is 87.7. The summed E-state index contributed by atoms with van der Waals surface area (Å²) in [5.74, 6) is -6.23. The molecule has 4 aromatic carbocycles. The minimum absolute atomic E-state index is 0.0165. The fourth-order valence-corrected chi connectivity index (χ4v) is 22.8. The summed E-state index contributed by atoms with van der Waals surface area (Å²) in [5.41, 5.74) is 22.8. The normalized spacial score (nSPS) is 21.8. The van der Waals surface area contributed by atoms with Crippen molar-refractivity contribution in [3.63, 3.8) is 0 Å². The molecule has 3 aliphatic heterocycles. The number of Topliss-reactive ketones (excluding diaryl/α,β-unsaturated/α-hetero) is 3. The topological polar surface area (TPSA) is 496 Å². The van der Waals surface area contributed by atoms with Gasteiger partial charge in [-0.3, -0.25) is 72.6 Å². The molecule has 11 atom stereocenters. The highest BCUT2D eigenvalue weighted by Crippen LogP contribution is 2.60. The molecule has 2 saturated carbocycles. The third kappa shape index (κ3) is 31.9. The van der Waals surface area contributed by atoms with Crippen molar-refractivity contribution < 1.29 is 119 Å². The summed E-state index contributed by atoms with van der Waals surface area (Å²) in [6, 6.07) is 23.7. The number of phenolic OH excluding ortho intramolecular Hbond substituents is 1. The first-order valence-electron chi connectivity index (χ1n) is 52.7. The third-order valence-electron chi connectivity index (χ3n) is 30.5. The fraction of sp³-hybridized carbons (Fsp3) is 0.639. The Kier molecular flexibility index (Phi) is 44.0. The number of rotatable bonds is 60. The van der Waals surface area contributed by atoms with Gasteiger partial charge < -0.3 is 95.2 Å². The molecule has 39 heteroatoms. The summed E-state index contributed by atoms with van der Waals surface area (Å²) in [4.78, 5) is 155. The van der Waals surface area contributed by atoms with Gasteiger partial charge in [0.15, 0.2) is 11.6 Å². The van der Waals surface area contributed by atoms with Gasteiger partial charge in [-0.25, -0.2) is 0 Å². The van der Waals surface area contributed by atoms with Crippen molar-refractivity contribution in [2.75, 3.05) is 156 Å². The van der Waals surface area contributed by atoms with Crippen molar-refractivity contribution >= 4 is 91.8 Å². The number of ether oxygens (including phenoxy) is 9. The SMILES string of the molecule is CC(C)[C@H](NC(=O)[C@@H](CCCCNC(=O)COC1CCCCCC2=C1NNN2CCOCCOCCOCCOCCC(=O)NCCS(=O)(=O)O)NC(=O)CCOCCOCCOCCOCCCC(=O)CCC(=O)N1Cc2ccccc2C2=C(NNN2C)c2ccccc21)C(=O)C[C@@H](C)C(=O)N[C@@H](CO)C(=O)Cc1ccc2c(c1)[C@@]1(C)CCC[C@](C)(C(=O)NC(=O)[C@@]3(C)CCC[C@]4(C)c5cc(O)ccc5CC[C@@H]34)[C@@H]1CC2. The molecular formula is C108H157N13O25S. The Morgan fingerprint density at radius 1 is 0.531 bits per heavy atom. The van der Waals surface area contributed by atoms with Crippen molar-refractivity contribution in [2.45, 2.75) is 257 Å². The lowest BCUT2D eigenvalue weighted by atomic mass is 9.49. The van der Waals surface area contributed by atoms with E-state index in [1.165, 1.54) is 12.5 Å². The summed E-state index contributed by atoms with van der Waals surface area (Å²) >= 11 is 0. The van der Waals surface area contributed by atoms with E-state index in [1.807, 2.05) is 110 Å². The number of nitrogens with one attached hydrogen (secondary N) is 10. The number of aryl methyl sites for hydroxylation is 2. The number of hydrogen-bond donors (Lipinski definition) is 13. The highest BCUT2D eigenvalue weighted by molar-refractivity contribution is 7.85. The number of unbranched alkanes of at least 4 members (excludes halogenated alkanes) is 1. The molecule has 1 unspecified atom stereocenters. The van der Waals surface area contributed by atoms with Crippen LogP contribution in [0.25, 0.3) is 11.4 Å². The lowest BCUT2D eigenvalue weighted by Crippen LogP contribution is -2.60. The number of benzene rings is 4. The molecular weight excluding hydrogens is 1910 g/mol. The number of allylic oxidation sites excluding steroid dienone is 1. The van der Waals surface area contributed by atoms with Crippen LogP contribution in [0.3, 0.4) is 0 Å². The molecule has 8 amide bonds. The van der Waals surface area contributed by atoms with Gasteiger partial charge in [-0.1, -0.05) is 141 Å². The number of aliphatic hydroxyl groups is 1. The average Bonchev–Trinajstić information content (AvgIpc) is 1.49. The molecule has 4 aromatic rings. The van der Waals surface area contributed by atoms with E-state index in [4.69, 9.17) is 47.2 Å². The summed E-state index contributed by atoms with van der Waals surface area (Å²) < 4.78 is 82.0. The van der Waals surface area contributed by atoms with Gasteiger partial charge in [0.1, 0.15) is 36.3 Å². The van der Waals surface area contributed by atoms with Gasteiger partial charge in [0.05, 0.1) is 170 Å². The van der Waals surface area contributed by atoms with Crippen LogP contribution >= 0.6 is 0 Å². The molecule has 0 radical (unpaired) electrons. The molecule has 2 fully saturated rings. The maximum absolute atomic E-state index is 15.0.